The number of halogens is 1. The second-order valence-electron chi connectivity index (χ2n) is 4.10. The van der Waals surface area contributed by atoms with Crippen LogP contribution in [0, 0.1) is 5.41 Å². The van der Waals surface area contributed by atoms with Gasteiger partial charge >= 0.3 is 0 Å². The quantitative estimate of drug-likeness (QED) is 0.532. The number of fused-ring (bicyclic) bond motifs is 1. The Morgan fingerprint density at radius 3 is 2.80 bits per heavy atom. The summed E-state index contributed by atoms with van der Waals surface area (Å²) >= 11 is 6.59. The van der Waals surface area contributed by atoms with E-state index in [4.69, 9.17) is 11.1 Å². The van der Waals surface area contributed by atoms with E-state index in [1.807, 2.05) is 36.4 Å². The van der Waals surface area contributed by atoms with E-state index in [0.717, 1.165) is 29.5 Å². The zero-order valence-corrected chi connectivity index (χ0v) is 13.5. The van der Waals surface area contributed by atoms with Crippen molar-refractivity contribution in [2.24, 2.45) is 5.73 Å². The topological polar surface area (TPSA) is 62.8 Å². The molecule has 1 aromatic heterocycles. The molecule has 3 N–H and O–H groups in total. The third-order valence-electron chi connectivity index (χ3n) is 2.70. The van der Waals surface area contributed by atoms with E-state index >= 15 is 0 Å². The Hall–Kier alpha value is -1.37. The SMILES string of the molecule is N=C(N)c1cc(Br)ccc1Sc1nc2ccccc2s1. The number of para-hydroxylation sites is 1. The summed E-state index contributed by atoms with van der Waals surface area (Å²) in [5.74, 6) is 0.0647. The highest BCUT2D eigenvalue weighted by molar-refractivity contribution is 9.10. The molecule has 0 amide bonds. The monoisotopic (exact) mass is 363 g/mol. The molecule has 2 aromatic carbocycles. The summed E-state index contributed by atoms with van der Waals surface area (Å²) in [4.78, 5) is 5.53. The van der Waals surface area contributed by atoms with Gasteiger partial charge in [0.25, 0.3) is 0 Å². The highest BCUT2D eigenvalue weighted by Gasteiger charge is 2.11. The van der Waals surface area contributed by atoms with Gasteiger partial charge in [0.15, 0.2) is 4.34 Å². The van der Waals surface area contributed by atoms with Gasteiger partial charge in [-0.15, -0.1) is 11.3 Å². The molecule has 3 aromatic rings. The minimum Gasteiger partial charge on any atom is -0.384 e. The molecule has 0 unspecified atom stereocenters. The number of nitrogens with zero attached hydrogens (tertiary/aromatic N) is 1. The van der Waals surface area contributed by atoms with Crippen molar-refractivity contribution in [3.63, 3.8) is 0 Å². The lowest BCUT2D eigenvalue weighted by Crippen LogP contribution is -2.12. The lowest BCUT2D eigenvalue weighted by molar-refractivity contribution is 1.28. The highest BCUT2D eigenvalue weighted by atomic mass is 79.9. The summed E-state index contributed by atoms with van der Waals surface area (Å²) in [5.41, 5.74) is 7.37. The molecule has 0 atom stereocenters. The van der Waals surface area contributed by atoms with E-state index in [2.05, 4.69) is 27.0 Å². The number of rotatable bonds is 3. The molecule has 20 heavy (non-hydrogen) atoms. The van der Waals surface area contributed by atoms with Crippen molar-refractivity contribution in [1.29, 1.82) is 5.41 Å². The van der Waals surface area contributed by atoms with Gasteiger partial charge in [-0.2, -0.15) is 0 Å². The van der Waals surface area contributed by atoms with Crippen LogP contribution in [0.15, 0.2) is 56.2 Å². The van der Waals surface area contributed by atoms with E-state index in [1.54, 1.807) is 23.1 Å². The number of hydrogen-bond donors (Lipinski definition) is 2. The predicted octanol–water partition coefficient (Wildman–Crippen LogP) is 4.49. The van der Waals surface area contributed by atoms with Gasteiger partial charge in [-0.3, -0.25) is 5.41 Å². The van der Waals surface area contributed by atoms with E-state index in [-0.39, 0.29) is 5.84 Å². The number of amidine groups is 1. The Labute approximate surface area is 132 Å². The molecule has 0 aliphatic rings. The third-order valence-corrected chi connectivity index (χ3v) is 5.37. The van der Waals surface area contributed by atoms with Crippen LogP contribution in [0.2, 0.25) is 0 Å². The molecule has 0 bridgehead atoms. The Bertz CT molecular complexity index is 765. The fraction of sp³-hybridized carbons (Fsp3) is 0. The van der Waals surface area contributed by atoms with Crippen LogP contribution < -0.4 is 5.73 Å². The molecule has 0 aliphatic carbocycles. The number of hydrogen-bond acceptors (Lipinski definition) is 4. The van der Waals surface area contributed by atoms with Crippen molar-refractivity contribution < 1.29 is 0 Å². The second-order valence-corrected chi connectivity index (χ2v) is 7.34. The van der Waals surface area contributed by atoms with E-state index in [0.29, 0.717) is 0 Å². The first-order chi connectivity index (χ1) is 9.63. The van der Waals surface area contributed by atoms with Crippen LogP contribution in [0.5, 0.6) is 0 Å². The van der Waals surface area contributed by atoms with Gasteiger partial charge in [0.05, 0.1) is 10.2 Å². The summed E-state index contributed by atoms with van der Waals surface area (Å²) < 4.78 is 3.03. The standard InChI is InChI=1S/C14H10BrN3S2/c15-8-5-6-11(9(7-8)13(16)17)19-14-18-10-3-1-2-4-12(10)20-14/h1-7H,(H3,16,17). The molecule has 3 rings (SSSR count). The van der Waals surface area contributed by atoms with Gasteiger partial charge in [0, 0.05) is 14.9 Å². The van der Waals surface area contributed by atoms with Gasteiger partial charge in [-0.05, 0) is 30.3 Å². The van der Waals surface area contributed by atoms with Crippen LogP contribution >= 0.6 is 39.0 Å². The molecular formula is C14H10BrN3S2. The minimum atomic E-state index is 0.0647. The molecule has 0 saturated carbocycles. The zero-order chi connectivity index (χ0) is 14.1. The molecule has 0 aliphatic heterocycles. The molecule has 0 spiro atoms. The van der Waals surface area contributed by atoms with Gasteiger partial charge in [-0.1, -0.05) is 39.8 Å². The van der Waals surface area contributed by atoms with Gasteiger partial charge < -0.3 is 5.73 Å². The van der Waals surface area contributed by atoms with Gasteiger partial charge in [-0.25, -0.2) is 4.98 Å². The first-order valence-electron chi connectivity index (χ1n) is 5.81. The molecule has 0 radical (unpaired) electrons. The number of aromatic nitrogens is 1. The number of nitrogen functional groups attached to an aromatic ring is 1. The van der Waals surface area contributed by atoms with Crippen LogP contribution in [-0.4, -0.2) is 10.8 Å². The first kappa shape index (κ1) is 13.6. The number of thiazole rings is 1. The summed E-state index contributed by atoms with van der Waals surface area (Å²) in [5, 5.41) is 7.67. The molecule has 6 heteroatoms. The molecule has 100 valence electrons. The minimum absolute atomic E-state index is 0.0647. The van der Waals surface area contributed by atoms with E-state index in [1.165, 1.54) is 0 Å². The molecule has 0 fully saturated rings. The van der Waals surface area contributed by atoms with Crippen LogP contribution in [0.25, 0.3) is 10.2 Å². The summed E-state index contributed by atoms with van der Waals surface area (Å²) in [6, 6.07) is 13.8. The fourth-order valence-electron chi connectivity index (χ4n) is 1.79. The van der Waals surface area contributed by atoms with Crippen molar-refractivity contribution >= 4 is 55.1 Å². The summed E-state index contributed by atoms with van der Waals surface area (Å²) in [6.45, 7) is 0. The van der Waals surface area contributed by atoms with E-state index < -0.39 is 0 Å². The number of nitrogens with one attached hydrogen (secondary N) is 1. The van der Waals surface area contributed by atoms with Crippen LogP contribution in [-0.2, 0) is 0 Å². The van der Waals surface area contributed by atoms with Crippen molar-refractivity contribution in [1.82, 2.24) is 4.98 Å². The lowest BCUT2D eigenvalue weighted by Gasteiger charge is -2.06. The Kier molecular flexibility index (Phi) is 3.78. The highest BCUT2D eigenvalue weighted by Crippen LogP contribution is 2.36. The largest absolute Gasteiger partial charge is 0.384 e. The second kappa shape index (κ2) is 5.55. The van der Waals surface area contributed by atoms with Crippen LogP contribution in [0.1, 0.15) is 5.56 Å². The summed E-state index contributed by atoms with van der Waals surface area (Å²) in [6.07, 6.45) is 0. The maximum Gasteiger partial charge on any atom is 0.155 e. The average Bonchev–Trinajstić information content (AvgIpc) is 2.82. The molecular weight excluding hydrogens is 354 g/mol. The smallest absolute Gasteiger partial charge is 0.155 e. The maximum absolute atomic E-state index is 7.67. The Balaban J connectivity index is 2.00. The number of benzene rings is 2. The number of nitrogens with two attached hydrogens (primary N) is 1. The van der Waals surface area contributed by atoms with Crippen LogP contribution in [0.4, 0.5) is 0 Å². The molecule has 3 nitrogen and oxygen atoms in total. The predicted molar refractivity (Wildman–Crippen MR) is 88.9 cm³/mol. The lowest BCUT2D eigenvalue weighted by atomic mass is 10.2. The Morgan fingerprint density at radius 1 is 1.25 bits per heavy atom. The van der Waals surface area contributed by atoms with Crippen molar-refractivity contribution in [2.45, 2.75) is 9.24 Å². The first-order valence-corrected chi connectivity index (χ1v) is 8.23. The molecule has 0 saturated heterocycles. The van der Waals surface area contributed by atoms with Crippen LogP contribution in [0.3, 0.4) is 0 Å². The Morgan fingerprint density at radius 2 is 2.05 bits per heavy atom. The third kappa shape index (κ3) is 2.72. The van der Waals surface area contributed by atoms with Gasteiger partial charge in [0.2, 0.25) is 0 Å². The normalized spacial score (nSPS) is 10.8. The van der Waals surface area contributed by atoms with Gasteiger partial charge in [0.1, 0.15) is 5.84 Å². The summed E-state index contributed by atoms with van der Waals surface area (Å²) in [7, 11) is 0. The van der Waals surface area contributed by atoms with Crippen molar-refractivity contribution in [3.05, 3.63) is 52.5 Å². The van der Waals surface area contributed by atoms with E-state index in [9.17, 15) is 0 Å². The van der Waals surface area contributed by atoms with Crippen molar-refractivity contribution in [3.8, 4) is 0 Å². The molecule has 1 heterocycles. The fourth-order valence-corrected chi connectivity index (χ4v) is 4.30. The maximum atomic E-state index is 7.67. The average molecular weight is 364 g/mol. The van der Waals surface area contributed by atoms with Crippen molar-refractivity contribution in [2.75, 3.05) is 0 Å². The zero-order valence-electron chi connectivity index (χ0n) is 10.3.